The Morgan fingerprint density at radius 1 is 1.07 bits per heavy atom. The van der Waals surface area contributed by atoms with E-state index >= 15 is 0 Å². The average molecular weight is 396 g/mol. The van der Waals surface area contributed by atoms with Gasteiger partial charge in [0.15, 0.2) is 5.82 Å². The molecule has 0 radical (unpaired) electrons. The molecular formula is C20H20N4O3S. The molecule has 1 aliphatic heterocycles. The molecule has 2 aromatic carbocycles. The number of rotatable bonds is 5. The van der Waals surface area contributed by atoms with Gasteiger partial charge in [-0.3, -0.25) is 9.89 Å². The number of aromatic amines is 1. The van der Waals surface area contributed by atoms with Gasteiger partial charge in [-0.25, -0.2) is 8.42 Å². The van der Waals surface area contributed by atoms with Crippen molar-refractivity contribution in [1.82, 2.24) is 14.5 Å². The molecule has 8 heteroatoms. The van der Waals surface area contributed by atoms with E-state index in [-0.39, 0.29) is 18.2 Å². The van der Waals surface area contributed by atoms with Gasteiger partial charge in [0.2, 0.25) is 10.0 Å². The highest BCUT2D eigenvalue weighted by molar-refractivity contribution is 7.88. The molecule has 0 saturated heterocycles. The van der Waals surface area contributed by atoms with Crippen molar-refractivity contribution in [2.24, 2.45) is 0 Å². The number of fused-ring (bicyclic) bond motifs is 1. The molecule has 7 nitrogen and oxygen atoms in total. The lowest BCUT2D eigenvalue weighted by atomic mass is 10.1. The van der Waals surface area contributed by atoms with Crippen LogP contribution in [-0.4, -0.2) is 35.4 Å². The summed E-state index contributed by atoms with van der Waals surface area (Å²) in [5.41, 5.74) is 2.84. The summed E-state index contributed by atoms with van der Waals surface area (Å²) in [6.07, 6.45) is 0.525. The summed E-state index contributed by atoms with van der Waals surface area (Å²) >= 11 is 0. The summed E-state index contributed by atoms with van der Waals surface area (Å²) in [6, 6.07) is 17.9. The van der Waals surface area contributed by atoms with Gasteiger partial charge in [0.25, 0.3) is 5.91 Å². The van der Waals surface area contributed by atoms with Crippen LogP contribution in [-0.2, 0) is 28.7 Å². The Hall–Kier alpha value is -2.97. The summed E-state index contributed by atoms with van der Waals surface area (Å²) in [5, 5.41) is 9.89. The third kappa shape index (κ3) is 3.83. The summed E-state index contributed by atoms with van der Waals surface area (Å²) in [6.45, 7) is 0.571. The van der Waals surface area contributed by atoms with Crippen LogP contribution in [0, 0.1) is 0 Å². The lowest BCUT2D eigenvalue weighted by molar-refractivity contribution is 0.102. The van der Waals surface area contributed by atoms with E-state index in [1.807, 2.05) is 24.3 Å². The number of carbonyl (C=O) groups is 1. The van der Waals surface area contributed by atoms with Gasteiger partial charge < -0.3 is 5.32 Å². The van der Waals surface area contributed by atoms with Gasteiger partial charge in [-0.2, -0.15) is 9.40 Å². The maximum Gasteiger partial charge on any atom is 0.256 e. The van der Waals surface area contributed by atoms with Gasteiger partial charge in [-0.05, 0) is 17.7 Å². The molecule has 0 saturated carbocycles. The lowest BCUT2D eigenvalue weighted by Crippen LogP contribution is -2.36. The number of carbonyl (C=O) groups excluding carboxylic acids is 1. The number of amides is 1. The second kappa shape index (κ2) is 7.57. The number of nitrogens with one attached hydrogen (secondary N) is 2. The van der Waals surface area contributed by atoms with Crippen molar-refractivity contribution in [3.63, 3.8) is 0 Å². The zero-order valence-electron chi connectivity index (χ0n) is 15.1. The van der Waals surface area contributed by atoms with Crippen LogP contribution in [0.5, 0.6) is 0 Å². The zero-order valence-corrected chi connectivity index (χ0v) is 15.9. The first-order valence-corrected chi connectivity index (χ1v) is 10.6. The molecule has 28 heavy (non-hydrogen) atoms. The summed E-state index contributed by atoms with van der Waals surface area (Å²) in [7, 11) is -3.48. The first kappa shape index (κ1) is 18.4. The third-order valence-corrected chi connectivity index (χ3v) is 6.55. The first-order valence-electron chi connectivity index (χ1n) is 8.97. The first-order chi connectivity index (χ1) is 13.5. The molecular weight excluding hydrogens is 376 g/mol. The van der Waals surface area contributed by atoms with Crippen LogP contribution in [0.1, 0.15) is 27.2 Å². The monoisotopic (exact) mass is 396 g/mol. The third-order valence-electron chi connectivity index (χ3n) is 4.75. The van der Waals surface area contributed by atoms with Crippen molar-refractivity contribution >= 4 is 21.7 Å². The quantitative estimate of drug-likeness (QED) is 0.693. The van der Waals surface area contributed by atoms with E-state index in [9.17, 15) is 13.2 Å². The number of nitrogens with zero attached hydrogens (tertiary/aromatic N) is 2. The maximum absolute atomic E-state index is 12.8. The van der Waals surface area contributed by atoms with E-state index in [1.54, 1.807) is 36.4 Å². The Morgan fingerprint density at radius 3 is 2.46 bits per heavy atom. The molecule has 0 atom stereocenters. The zero-order chi connectivity index (χ0) is 19.6. The lowest BCUT2D eigenvalue weighted by Gasteiger charge is -2.26. The van der Waals surface area contributed by atoms with Crippen molar-refractivity contribution in [3.8, 4) is 0 Å². The predicted octanol–water partition coefficient (Wildman–Crippen LogP) is 2.55. The number of sulfonamides is 1. The molecule has 0 aliphatic carbocycles. The molecule has 0 fully saturated rings. The van der Waals surface area contributed by atoms with E-state index in [0.717, 1.165) is 11.3 Å². The van der Waals surface area contributed by atoms with Crippen molar-refractivity contribution in [2.45, 2.75) is 18.7 Å². The highest BCUT2D eigenvalue weighted by Gasteiger charge is 2.30. The smallest absolute Gasteiger partial charge is 0.256 e. The number of H-pyrrole nitrogens is 1. The largest absolute Gasteiger partial charge is 0.305 e. The predicted molar refractivity (Wildman–Crippen MR) is 106 cm³/mol. The number of benzene rings is 2. The topological polar surface area (TPSA) is 95.2 Å². The van der Waals surface area contributed by atoms with Crippen LogP contribution in [0.2, 0.25) is 0 Å². The highest BCUT2D eigenvalue weighted by Crippen LogP contribution is 2.27. The minimum atomic E-state index is -3.48. The van der Waals surface area contributed by atoms with Crippen LogP contribution in [0.3, 0.4) is 0 Å². The van der Waals surface area contributed by atoms with Crippen molar-refractivity contribution in [3.05, 3.63) is 83.0 Å². The average Bonchev–Trinajstić information content (AvgIpc) is 3.11. The van der Waals surface area contributed by atoms with Crippen LogP contribution < -0.4 is 5.32 Å². The Morgan fingerprint density at radius 2 is 1.75 bits per heavy atom. The molecule has 0 spiro atoms. The Bertz CT molecular complexity index is 1080. The van der Waals surface area contributed by atoms with E-state index in [0.29, 0.717) is 29.9 Å². The van der Waals surface area contributed by atoms with Crippen molar-refractivity contribution < 1.29 is 13.2 Å². The SMILES string of the molecule is O=C(Nc1n[nH]c2c1CN(S(=O)(=O)Cc1ccccc1)CC2)c1ccccc1. The second-order valence-corrected chi connectivity index (χ2v) is 8.64. The highest BCUT2D eigenvalue weighted by atomic mass is 32.2. The van der Waals surface area contributed by atoms with Gasteiger partial charge in [-0.1, -0.05) is 48.5 Å². The molecule has 2 heterocycles. The fourth-order valence-corrected chi connectivity index (χ4v) is 4.75. The number of hydrogen-bond donors (Lipinski definition) is 2. The number of aromatic nitrogens is 2. The Kier molecular flexibility index (Phi) is 4.97. The normalized spacial score (nSPS) is 14.4. The summed E-state index contributed by atoms with van der Waals surface area (Å²) in [4.78, 5) is 12.4. The fourth-order valence-electron chi connectivity index (χ4n) is 3.26. The summed E-state index contributed by atoms with van der Waals surface area (Å²) < 4.78 is 27.2. The van der Waals surface area contributed by atoms with Gasteiger partial charge in [0.1, 0.15) is 0 Å². The molecule has 2 N–H and O–H groups in total. The minimum absolute atomic E-state index is 0.0489. The van der Waals surface area contributed by atoms with Crippen molar-refractivity contribution in [1.29, 1.82) is 0 Å². The number of anilines is 1. The Balaban J connectivity index is 1.52. The van der Waals surface area contributed by atoms with Gasteiger partial charge >= 0.3 is 0 Å². The molecule has 0 unspecified atom stereocenters. The Labute approximate surface area is 163 Å². The fraction of sp³-hybridized carbons (Fsp3) is 0.200. The van der Waals surface area contributed by atoms with E-state index in [2.05, 4.69) is 15.5 Å². The van der Waals surface area contributed by atoms with Crippen molar-refractivity contribution in [2.75, 3.05) is 11.9 Å². The maximum atomic E-state index is 12.8. The van der Waals surface area contributed by atoms with Gasteiger partial charge in [0.05, 0.1) is 5.75 Å². The molecule has 1 amide bonds. The van der Waals surface area contributed by atoms with Gasteiger partial charge in [-0.15, -0.1) is 0 Å². The van der Waals surface area contributed by atoms with Crippen LogP contribution in [0.15, 0.2) is 60.7 Å². The molecule has 0 bridgehead atoms. The molecule has 144 valence electrons. The molecule has 1 aliphatic rings. The minimum Gasteiger partial charge on any atom is -0.305 e. The summed E-state index contributed by atoms with van der Waals surface area (Å²) in [5.74, 6) is 0.0508. The second-order valence-electron chi connectivity index (χ2n) is 6.67. The standard InChI is InChI=1S/C20H20N4O3S/c25-20(16-9-5-2-6-10-16)21-19-17-13-24(12-11-18(17)22-23-19)28(26,27)14-15-7-3-1-4-8-15/h1-10H,11-14H2,(H2,21,22,23,25). The molecule has 4 rings (SSSR count). The van der Waals surface area contributed by atoms with Crippen LogP contribution >= 0.6 is 0 Å². The van der Waals surface area contributed by atoms with Gasteiger partial charge in [0, 0.05) is 36.3 Å². The molecule has 3 aromatic rings. The number of hydrogen-bond acceptors (Lipinski definition) is 4. The molecule has 1 aromatic heterocycles. The van der Waals surface area contributed by atoms with E-state index in [4.69, 9.17) is 0 Å². The van der Waals surface area contributed by atoms with E-state index in [1.165, 1.54) is 4.31 Å². The van der Waals surface area contributed by atoms with Crippen LogP contribution in [0.4, 0.5) is 5.82 Å². The van der Waals surface area contributed by atoms with E-state index < -0.39 is 10.0 Å². The van der Waals surface area contributed by atoms with Crippen LogP contribution in [0.25, 0.3) is 0 Å².